The molecule has 0 saturated carbocycles. The molecule has 0 unspecified atom stereocenters. The number of carboxylic acids is 1. The van der Waals surface area contributed by atoms with Gasteiger partial charge in [0.2, 0.25) is 0 Å². The number of thiazole rings is 1. The third-order valence-electron chi connectivity index (χ3n) is 1.57. The molecule has 2 aromatic heterocycles. The highest BCUT2D eigenvalue weighted by molar-refractivity contribution is 7.07. The monoisotopic (exact) mass is 210 g/mol. The van der Waals surface area contributed by atoms with Crippen molar-refractivity contribution in [1.82, 2.24) is 20.0 Å². The fourth-order valence-electron chi connectivity index (χ4n) is 0.955. The van der Waals surface area contributed by atoms with Crippen molar-refractivity contribution in [1.29, 1.82) is 0 Å². The Bertz CT molecular complexity index is 436. The zero-order valence-electron chi connectivity index (χ0n) is 6.99. The average Bonchev–Trinajstić information content (AvgIpc) is 2.75. The van der Waals surface area contributed by atoms with Crippen molar-refractivity contribution in [2.24, 2.45) is 0 Å². The van der Waals surface area contributed by atoms with Gasteiger partial charge in [-0.3, -0.25) is 0 Å². The van der Waals surface area contributed by atoms with Crippen LogP contribution in [0.3, 0.4) is 0 Å². The summed E-state index contributed by atoms with van der Waals surface area (Å²) in [5, 5.41) is 17.6. The van der Waals surface area contributed by atoms with Gasteiger partial charge in [0.25, 0.3) is 0 Å². The number of aromatic carboxylic acids is 1. The molecule has 14 heavy (non-hydrogen) atoms. The second-order valence-electron chi connectivity index (χ2n) is 2.59. The van der Waals surface area contributed by atoms with Crippen LogP contribution in [0, 0.1) is 0 Å². The minimum absolute atomic E-state index is 0.0553. The topological polar surface area (TPSA) is 80.9 Å². The van der Waals surface area contributed by atoms with Crippen LogP contribution in [0.2, 0.25) is 0 Å². The maximum Gasteiger partial charge on any atom is 0.358 e. The molecule has 0 amide bonds. The Kier molecular flexibility index (Phi) is 2.23. The zero-order valence-corrected chi connectivity index (χ0v) is 7.81. The van der Waals surface area contributed by atoms with Crippen LogP contribution in [0.5, 0.6) is 0 Å². The average molecular weight is 210 g/mol. The number of rotatable bonds is 3. The van der Waals surface area contributed by atoms with Crippen molar-refractivity contribution in [2.45, 2.75) is 6.54 Å². The molecule has 0 atom stereocenters. The van der Waals surface area contributed by atoms with Gasteiger partial charge < -0.3 is 5.11 Å². The first kappa shape index (κ1) is 8.82. The van der Waals surface area contributed by atoms with Gasteiger partial charge in [-0.1, -0.05) is 5.21 Å². The van der Waals surface area contributed by atoms with Gasteiger partial charge >= 0.3 is 5.97 Å². The highest BCUT2D eigenvalue weighted by Gasteiger charge is 2.08. The molecule has 72 valence electrons. The van der Waals surface area contributed by atoms with E-state index in [1.807, 2.05) is 5.38 Å². The highest BCUT2D eigenvalue weighted by atomic mass is 32.1. The minimum atomic E-state index is -1.07. The summed E-state index contributed by atoms with van der Waals surface area (Å²) in [4.78, 5) is 14.5. The molecule has 0 radical (unpaired) electrons. The Morgan fingerprint density at radius 3 is 3.07 bits per heavy atom. The van der Waals surface area contributed by atoms with Crippen LogP contribution in [0.4, 0.5) is 0 Å². The Labute approximate surface area is 82.8 Å². The first-order valence-electron chi connectivity index (χ1n) is 3.76. The van der Waals surface area contributed by atoms with Crippen LogP contribution >= 0.6 is 11.3 Å². The third-order valence-corrected chi connectivity index (χ3v) is 2.20. The molecule has 6 nitrogen and oxygen atoms in total. The van der Waals surface area contributed by atoms with Crippen LogP contribution in [-0.4, -0.2) is 31.1 Å². The van der Waals surface area contributed by atoms with Crippen molar-refractivity contribution >= 4 is 17.3 Å². The molecule has 2 heterocycles. The molecule has 2 rings (SSSR count). The van der Waals surface area contributed by atoms with E-state index in [4.69, 9.17) is 5.11 Å². The molecule has 0 spiro atoms. The third kappa shape index (κ3) is 1.77. The first-order chi connectivity index (χ1) is 6.75. The van der Waals surface area contributed by atoms with Crippen molar-refractivity contribution < 1.29 is 9.90 Å². The fraction of sp³-hybridized carbons (Fsp3) is 0.143. The van der Waals surface area contributed by atoms with Crippen molar-refractivity contribution in [3.05, 3.63) is 28.5 Å². The molecule has 0 aliphatic heterocycles. The second-order valence-corrected chi connectivity index (χ2v) is 3.30. The number of hydrogen-bond acceptors (Lipinski definition) is 5. The molecule has 0 saturated heterocycles. The summed E-state index contributed by atoms with van der Waals surface area (Å²) in [5.41, 5.74) is 2.50. The molecular weight excluding hydrogens is 204 g/mol. The number of carbonyl (C=O) groups is 1. The van der Waals surface area contributed by atoms with Gasteiger partial charge in [-0.2, -0.15) is 0 Å². The molecule has 0 aromatic carbocycles. The van der Waals surface area contributed by atoms with Crippen molar-refractivity contribution in [3.63, 3.8) is 0 Å². The standard InChI is InChI=1S/C7H6N4O2S/c12-7(13)6-2-11(10-9-6)1-5-3-14-4-8-5/h2-4H,1H2,(H,12,13). The van der Waals surface area contributed by atoms with E-state index in [2.05, 4.69) is 15.3 Å². The van der Waals surface area contributed by atoms with Crippen LogP contribution in [0.1, 0.15) is 16.2 Å². The number of carboxylic acid groups (broad SMARTS) is 1. The molecule has 0 aliphatic carbocycles. The first-order valence-corrected chi connectivity index (χ1v) is 4.70. The largest absolute Gasteiger partial charge is 0.476 e. The van der Waals surface area contributed by atoms with E-state index in [1.54, 1.807) is 5.51 Å². The number of hydrogen-bond donors (Lipinski definition) is 1. The smallest absolute Gasteiger partial charge is 0.358 e. The molecule has 1 N–H and O–H groups in total. The van der Waals surface area contributed by atoms with Gasteiger partial charge in [-0.25, -0.2) is 14.5 Å². The van der Waals surface area contributed by atoms with Gasteiger partial charge in [0.1, 0.15) is 0 Å². The van der Waals surface area contributed by atoms with E-state index in [0.717, 1.165) is 5.69 Å². The normalized spacial score (nSPS) is 10.3. The van der Waals surface area contributed by atoms with E-state index < -0.39 is 5.97 Å². The summed E-state index contributed by atoms with van der Waals surface area (Å²) in [6.45, 7) is 0.448. The fourth-order valence-corrected chi connectivity index (χ4v) is 1.50. The highest BCUT2D eigenvalue weighted by Crippen LogP contribution is 2.03. The van der Waals surface area contributed by atoms with E-state index in [9.17, 15) is 4.79 Å². The maximum absolute atomic E-state index is 10.5. The molecule has 7 heteroatoms. The zero-order chi connectivity index (χ0) is 9.97. The van der Waals surface area contributed by atoms with Gasteiger partial charge in [-0.15, -0.1) is 16.4 Å². The summed E-state index contributed by atoms with van der Waals surface area (Å²) in [5.74, 6) is -1.07. The van der Waals surface area contributed by atoms with Crippen molar-refractivity contribution in [3.8, 4) is 0 Å². The van der Waals surface area contributed by atoms with E-state index in [1.165, 1.54) is 22.2 Å². The summed E-state index contributed by atoms with van der Waals surface area (Å²) < 4.78 is 1.44. The number of aromatic nitrogens is 4. The molecule has 2 aromatic rings. The molecule has 0 aliphatic rings. The summed E-state index contributed by atoms with van der Waals surface area (Å²) >= 11 is 1.48. The van der Waals surface area contributed by atoms with Crippen LogP contribution in [0.15, 0.2) is 17.1 Å². The summed E-state index contributed by atoms with van der Waals surface area (Å²) in [6, 6.07) is 0. The summed E-state index contributed by atoms with van der Waals surface area (Å²) in [6.07, 6.45) is 1.38. The Hall–Kier alpha value is -1.76. The second kappa shape index (κ2) is 3.54. The minimum Gasteiger partial charge on any atom is -0.476 e. The van der Waals surface area contributed by atoms with Gasteiger partial charge in [-0.05, 0) is 0 Å². The Morgan fingerprint density at radius 2 is 2.50 bits per heavy atom. The Morgan fingerprint density at radius 1 is 1.64 bits per heavy atom. The lowest BCUT2D eigenvalue weighted by molar-refractivity contribution is 0.0690. The van der Waals surface area contributed by atoms with Crippen LogP contribution < -0.4 is 0 Å². The van der Waals surface area contributed by atoms with E-state index in [-0.39, 0.29) is 5.69 Å². The molecule has 0 bridgehead atoms. The SMILES string of the molecule is O=C(O)c1cn(Cc2cscn2)nn1. The van der Waals surface area contributed by atoms with Gasteiger partial charge in [0, 0.05) is 5.38 Å². The van der Waals surface area contributed by atoms with Gasteiger partial charge in [0.05, 0.1) is 23.9 Å². The number of nitrogens with zero attached hydrogens (tertiary/aromatic N) is 4. The quantitative estimate of drug-likeness (QED) is 0.796. The predicted molar refractivity (Wildman–Crippen MR) is 48.2 cm³/mol. The lowest BCUT2D eigenvalue weighted by Crippen LogP contribution is -2.00. The molecular formula is C7H6N4O2S. The molecule has 0 fully saturated rings. The maximum atomic E-state index is 10.5. The lowest BCUT2D eigenvalue weighted by Gasteiger charge is -1.93. The van der Waals surface area contributed by atoms with Crippen LogP contribution in [-0.2, 0) is 6.54 Å². The van der Waals surface area contributed by atoms with Gasteiger partial charge in [0.15, 0.2) is 5.69 Å². The summed E-state index contributed by atoms with van der Waals surface area (Å²) in [7, 11) is 0. The van der Waals surface area contributed by atoms with Crippen molar-refractivity contribution in [2.75, 3.05) is 0 Å². The lowest BCUT2D eigenvalue weighted by atomic mass is 10.4. The Balaban J connectivity index is 2.14. The predicted octanol–water partition coefficient (Wildman–Crippen LogP) is 0.481. The van der Waals surface area contributed by atoms with E-state index in [0.29, 0.717) is 6.54 Å². The van der Waals surface area contributed by atoms with Crippen LogP contribution in [0.25, 0.3) is 0 Å². The van der Waals surface area contributed by atoms with E-state index >= 15 is 0 Å².